The van der Waals surface area contributed by atoms with Crippen molar-refractivity contribution in [3.63, 3.8) is 0 Å². The third-order valence-electron chi connectivity index (χ3n) is 3.51. The topological polar surface area (TPSA) is 50.5 Å². The first-order chi connectivity index (χ1) is 9.76. The van der Waals surface area contributed by atoms with Crippen molar-refractivity contribution in [2.45, 2.75) is 32.7 Å². The number of aliphatic imine (C=N–C) groups is 1. The Hall–Kier alpha value is -1.56. The molecule has 1 saturated heterocycles. The SMILES string of the molecule is CCn1cc(/C=C2/SC(N3CCCCC3)=NC2=O)cn1. The Bertz CT molecular complexity index is 569. The molecule has 2 aliphatic heterocycles. The number of piperidine rings is 1. The summed E-state index contributed by atoms with van der Waals surface area (Å²) in [5.41, 5.74) is 0.956. The van der Waals surface area contributed by atoms with E-state index in [-0.39, 0.29) is 5.91 Å². The summed E-state index contributed by atoms with van der Waals surface area (Å²) in [5.74, 6) is -0.125. The molecule has 0 aliphatic carbocycles. The van der Waals surface area contributed by atoms with Crippen LogP contribution in [-0.2, 0) is 11.3 Å². The molecule has 0 aromatic carbocycles. The van der Waals surface area contributed by atoms with E-state index in [2.05, 4.69) is 15.0 Å². The van der Waals surface area contributed by atoms with E-state index in [1.807, 2.05) is 23.9 Å². The quantitative estimate of drug-likeness (QED) is 0.785. The number of carbonyl (C=O) groups is 1. The minimum atomic E-state index is -0.125. The maximum absolute atomic E-state index is 12.0. The summed E-state index contributed by atoms with van der Waals surface area (Å²) in [5, 5.41) is 5.08. The lowest BCUT2D eigenvalue weighted by atomic mass is 10.1. The maximum Gasteiger partial charge on any atom is 0.286 e. The van der Waals surface area contributed by atoms with E-state index in [0.717, 1.165) is 30.4 Å². The van der Waals surface area contributed by atoms with E-state index in [4.69, 9.17) is 0 Å². The van der Waals surface area contributed by atoms with Gasteiger partial charge in [-0.05, 0) is 44.0 Å². The normalized spacial score (nSPS) is 21.6. The molecule has 0 spiro atoms. The zero-order valence-corrected chi connectivity index (χ0v) is 12.4. The number of hydrogen-bond acceptors (Lipinski definition) is 4. The van der Waals surface area contributed by atoms with Crippen molar-refractivity contribution in [3.8, 4) is 0 Å². The number of nitrogens with zero attached hydrogens (tertiary/aromatic N) is 4. The Morgan fingerprint density at radius 2 is 2.15 bits per heavy atom. The number of hydrogen-bond donors (Lipinski definition) is 0. The smallest absolute Gasteiger partial charge is 0.286 e. The van der Waals surface area contributed by atoms with Crippen molar-refractivity contribution < 1.29 is 4.79 Å². The van der Waals surface area contributed by atoms with Gasteiger partial charge in [0, 0.05) is 31.4 Å². The predicted octanol–water partition coefficient (Wildman–Crippen LogP) is 2.36. The van der Waals surface area contributed by atoms with Gasteiger partial charge in [0.25, 0.3) is 5.91 Å². The molecule has 1 amide bonds. The molecule has 1 aromatic rings. The van der Waals surface area contributed by atoms with Gasteiger partial charge >= 0.3 is 0 Å². The lowest BCUT2D eigenvalue weighted by molar-refractivity contribution is -0.113. The Morgan fingerprint density at radius 3 is 2.85 bits per heavy atom. The van der Waals surface area contributed by atoms with Gasteiger partial charge in [-0.25, -0.2) is 0 Å². The predicted molar refractivity (Wildman–Crippen MR) is 81.3 cm³/mol. The highest BCUT2D eigenvalue weighted by molar-refractivity contribution is 8.18. The first-order valence-corrected chi connectivity index (χ1v) is 7.88. The van der Waals surface area contributed by atoms with Crippen molar-refractivity contribution in [3.05, 3.63) is 22.9 Å². The van der Waals surface area contributed by atoms with Crippen LogP contribution in [0.5, 0.6) is 0 Å². The first kappa shape index (κ1) is 13.4. The van der Waals surface area contributed by atoms with Crippen LogP contribution in [0.25, 0.3) is 6.08 Å². The van der Waals surface area contributed by atoms with Crippen molar-refractivity contribution in [2.75, 3.05) is 13.1 Å². The highest BCUT2D eigenvalue weighted by Crippen LogP contribution is 2.31. The maximum atomic E-state index is 12.0. The van der Waals surface area contributed by atoms with Crippen LogP contribution in [0.2, 0.25) is 0 Å². The van der Waals surface area contributed by atoms with Crippen LogP contribution in [0.4, 0.5) is 0 Å². The van der Waals surface area contributed by atoms with Gasteiger partial charge in [-0.15, -0.1) is 0 Å². The van der Waals surface area contributed by atoms with Gasteiger partial charge < -0.3 is 4.90 Å². The minimum absolute atomic E-state index is 0.125. The van der Waals surface area contributed by atoms with E-state index in [0.29, 0.717) is 4.91 Å². The number of amides is 1. The van der Waals surface area contributed by atoms with Crippen LogP contribution in [0.1, 0.15) is 31.7 Å². The second-order valence-corrected chi connectivity index (χ2v) is 6.00. The molecule has 0 atom stereocenters. The monoisotopic (exact) mass is 290 g/mol. The number of aryl methyl sites for hydroxylation is 1. The molecule has 0 N–H and O–H groups in total. The number of thioether (sulfide) groups is 1. The second kappa shape index (κ2) is 5.83. The van der Waals surface area contributed by atoms with Gasteiger partial charge in [0.05, 0.1) is 11.1 Å². The second-order valence-electron chi connectivity index (χ2n) is 4.99. The van der Waals surface area contributed by atoms with Crippen molar-refractivity contribution >= 4 is 28.9 Å². The van der Waals surface area contributed by atoms with Crippen LogP contribution in [0, 0.1) is 0 Å². The van der Waals surface area contributed by atoms with Crippen molar-refractivity contribution in [2.24, 2.45) is 4.99 Å². The van der Waals surface area contributed by atoms with Crippen LogP contribution in [0.3, 0.4) is 0 Å². The van der Waals surface area contributed by atoms with Gasteiger partial charge in [-0.3, -0.25) is 9.48 Å². The molecule has 106 valence electrons. The zero-order valence-electron chi connectivity index (χ0n) is 11.6. The fourth-order valence-corrected chi connectivity index (χ4v) is 3.36. The molecule has 1 fully saturated rings. The average molecular weight is 290 g/mol. The lowest BCUT2D eigenvalue weighted by Gasteiger charge is -2.27. The fraction of sp³-hybridized carbons (Fsp3) is 0.500. The van der Waals surface area contributed by atoms with Crippen LogP contribution in [-0.4, -0.2) is 38.8 Å². The average Bonchev–Trinajstić information content (AvgIpc) is 3.08. The lowest BCUT2D eigenvalue weighted by Crippen LogP contribution is -2.33. The summed E-state index contributed by atoms with van der Waals surface area (Å²) < 4.78 is 1.85. The Labute approximate surface area is 122 Å². The molecule has 3 rings (SSSR count). The Kier molecular flexibility index (Phi) is 3.91. The summed E-state index contributed by atoms with van der Waals surface area (Å²) in [6, 6.07) is 0. The molecular formula is C14H18N4OS. The molecule has 0 bridgehead atoms. The molecule has 0 unspecified atom stereocenters. The van der Waals surface area contributed by atoms with E-state index < -0.39 is 0 Å². The van der Waals surface area contributed by atoms with E-state index in [1.54, 1.807) is 6.20 Å². The third-order valence-corrected chi connectivity index (χ3v) is 4.56. The Balaban J connectivity index is 1.72. The molecule has 1 aromatic heterocycles. The van der Waals surface area contributed by atoms with Gasteiger partial charge in [0.1, 0.15) is 0 Å². The summed E-state index contributed by atoms with van der Waals surface area (Å²) in [4.78, 5) is 19.1. The standard InChI is InChI=1S/C14H18N4OS/c1-2-18-10-11(9-15-18)8-12-13(19)16-14(20-12)17-6-4-3-5-7-17/h8-10H,2-7H2,1H3/b12-8+. The van der Waals surface area contributed by atoms with Gasteiger partial charge in [-0.1, -0.05) is 0 Å². The fourth-order valence-electron chi connectivity index (χ4n) is 2.40. The molecule has 3 heterocycles. The van der Waals surface area contributed by atoms with Crippen LogP contribution >= 0.6 is 11.8 Å². The van der Waals surface area contributed by atoms with E-state index >= 15 is 0 Å². The molecule has 2 aliphatic rings. The van der Waals surface area contributed by atoms with Gasteiger partial charge in [0.2, 0.25) is 0 Å². The largest absolute Gasteiger partial charge is 0.351 e. The Morgan fingerprint density at radius 1 is 1.35 bits per heavy atom. The van der Waals surface area contributed by atoms with Crippen LogP contribution < -0.4 is 0 Å². The highest BCUT2D eigenvalue weighted by atomic mass is 32.2. The number of aromatic nitrogens is 2. The molecule has 20 heavy (non-hydrogen) atoms. The third kappa shape index (κ3) is 2.80. The van der Waals surface area contributed by atoms with Crippen molar-refractivity contribution in [1.82, 2.24) is 14.7 Å². The van der Waals surface area contributed by atoms with Gasteiger partial charge in [0.15, 0.2) is 5.17 Å². The van der Waals surface area contributed by atoms with Crippen molar-refractivity contribution in [1.29, 1.82) is 0 Å². The van der Waals surface area contributed by atoms with E-state index in [9.17, 15) is 4.79 Å². The molecule has 0 radical (unpaired) electrons. The summed E-state index contributed by atoms with van der Waals surface area (Å²) in [6.07, 6.45) is 9.27. The van der Waals surface area contributed by atoms with Gasteiger partial charge in [-0.2, -0.15) is 10.1 Å². The number of carbonyl (C=O) groups excluding carboxylic acids is 1. The highest BCUT2D eigenvalue weighted by Gasteiger charge is 2.26. The number of rotatable bonds is 2. The number of likely N-dealkylation sites (tertiary alicyclic amines) is 1. The first-order valence-electron chi connectivity index (χ1n) is 7.06. The number of amidine groups is 1. The molecular weight excluding hydrogens is 272 g/mol. The summed E-state index contributed by atoms with van der Waals surface area (Å²) >= 11 is 1.49. The molecule has 5 nitrogen and oxygen atoms in total. The van der Waals surface area contributed by atoms with E-state index in [1.165, 1.54) is 31.0 Å². The van der Waals surface area contributed by atoms with Crippen LogP contribution in [0.15, 0.2) is 22.3 Å². The zero-order chi connectivity index (χ0) is 13.9. The summed E-state index contributed by atoms with van der Waals surface area (Å²) in [7, 11) is 0. The molecule has 0 saturated carbocycles. The summed E-state index contributed by atoms with van der Waals surface area (Å²) in [6.45, 7) is 4.90. The minimum Gasteiger partial charge on any atom is -0.351 e. The molecule has 6 heteroatoms.